The molecule has 224 valence electrons. The summed E-state index contributed by atoms with van der Waals surface area (Å²) in [6.45, 7) is 15.5. The number of ether oxygens (including phenoxy) is 3. The Bertz CT molecular complexity index is 1110. The maximum Gasteiger partial charge on any atom is 0.316 e. The van der Waals surface area contributed by atoms with E-state index < -0.39 is 10.8 Å². The Balaban J connectivity index is 1.65. The lowest BCUT2D eigenvalue weighted by Crippen LogP contribution is -2.68. The van der Waals surface area contributed by atoms with Gasteiger partial charge in [-0.1, -0.05) is 53.2 Å². The van der Waals surface area contributed by atoms with Crippen LogP contribution in [0.15, 0.2) is 11.6 Å². The van der Waals surface area contributed by atoms with Crippen LogP contribution < -0.4 is 0 Å². The van der Waals surface area contributed by atoms with Crippen LogP contribution in [0.1, 0.15) is 106 Å². The molecule has 0 aromatic rings. The second kappa shape index (κ2) is 9.59. The second-order valence-electron chi connectivity index (χ2n) is 15.3. The van der Waals surface area contributed by atoms with Crippen LogP contribution in [0.25, 0.3) is 0 Å². The summed E-state index contributed by atoms with van der Waals surface area (Å²) >= 11 is 0. The quantitative estimate of drug-likeness (QED) is 0.214. The first kappa shape index (κ1) is 29.6. The van der Waals surface area contributed by atoms with Gasteiger partial charge in [0.1, 0.15) is 6.10 Å². The van der Waals surface area contributed by atoms with Crippen LogP contribution in [-0.4, -0.2) is 38.2 Å². The minimum Gasteiger partial charge on any atom is -0.469 e. The Hall–Kier alpha value is -1.85. The van der Waals surface area contributed by atoms with Crippen molar-refractivity contribution in [2.24, 2.45) is 56.7 Å². The molecule has 0 saturated heterocycles. The molecular formula is C34H52O6. The Kier molecular flexibility index (Phi) is 7.11. The zero-order valence-corrected chi connectivity index (χ0v) is 26.4. The van der Waals surface area contributed by atoms with Crippen LogP contribution in [0.4, 0.5) is 0 Å². The van der Waals surface area contributed by atoms with Crippen molar-refractivity contribution < 1.29 is 28.6 Å². The Morgan fingerprint density at radius 3 is 2.12 bits per heavy atom. The highest BCUT2D eigenvalue weighted by Gasteiger charge is 2.73. The van der Waals surface area contributed by atoms with Crippen molar-refractivity contribution >= 4 is 17.9 Å². The summed E-state index contributed by atoms with van der Waals surface area (Å²) in [6, 6.07) is 0. The predicted octanol–water partition coefficient (Wildman–Crippen LogP) is 6.90. The van der Waals surface area contributed by atoms with Gasteiger partial charge in [-0.15, -0.1) is 0 Å². The molecule has 0 aromatic carbocycles. The third-order valence-electron chi connectivity index (χ3n) is 13.8. The Morgan fingerprint density at radius 1 is 0.825 bits per heavy atom. The third-order valence-corrected chi connectivity index (χ3v) is 13.8. The summed E-state index contributed by atoms with van der Waals surface area (Å²) < 4.78 is 17.1. The van der Waals surface area contributed by atoms with Crippen molar-refractivity contribution in [3.05, 3.63) is 11.6 Å². The van der Waals surface area contributed by atoms with Crippen LogP contribution in [0.5, 0.6) is 0 Å². The third kappa shape index (κ3) is 3.62. The normalized spacial score (nSPS) is 47.3. The molecule has 0 aromatic heterocycles. The lowest BCUT2D eigenvalue weighted by molar-refractivity contribution is -0.222. The van der Waals surface area contributed by atoms with E-state index in [0.29, 0.717) is 30.6 Å². The van der Waals surface area contributed by atoms with Gasteiger partial charge in [0.2, 0.25) is 0 Å². The molecular weight excluding hydrogens is 504 g/mol. The number of methoxy groups -OCH3 is 2. The molecule has 40 heavy (non-hydrogen) atoms. The monoisotopic (exact) mass is 556 g/mol. The molecule has 0 amide bonds. The molecule has 0 bridgehead atoms. The van der Waals surface area contributed by atoms with E-state index in [9.17, 15) is 14.4 Å². The lowest BCUT2D eigenvalue weighted by atomic mass is 9.33. The molecule has 5 rings (SSSR count). The minimum absolute atomic E-state index is 0.00143. The van der Waals surface area contributed by atoms with E-state index in [2.05, 4.69) is 47.6 Å². The Morgan fingerprint density at radius 2 is 1.50 bits per heavy atom. The number of hydrogen-bond acceptors (Lipinski definition) is 6. The Labute approximate surface area is 241 Å². The maximum atomic E-state index is 14.3. The first-order chi connectivity index (χ1) is 18.7. The van der Waals surface area contributed by atoms with Crippen molar-refractivity contribution in [3.63, 3.8) is 0 Å². The van der Waals surface area contributed by atoms with Crippen LogP contribution in [0.3, 0.4) is 0 Å². The molecule has 0 N–H and O–H groups in total. The number of esters is 3. The van der Waals surface area contributed by atoms with E-state index in [0.717, 1.165) is 44.9 Å². The van der Waals surface area contributed by atoms with E-state index in [-0.39, 0.29) is 52.1 Å². The first-order valence-corrected chi connectivity index (χ1v) is 15.7. The molecule has 0 unspecified atom stereocenters. The van der Waals surface area contributed by atoms with Crippen molar-refractivity contribution in [1.82, 2.24) is 0 Å². The molecule has 0 aliphatic heterocycles. The van der Waals surface area contributed by atoms with Gasteiger partial charge >= 0.3 is 17.9 Å². The summed E-state index contributed by atoms with van der Waals surface area (Å²) in [5, 5.41) is 0. The van der Waals surface area contributed by atoms with Gasteiger partial charge in [-0.3, -0.25) is 14.4 Å². The van der Waals surface area contributed by atoms with Crippen molar-refractivity contribution in [3.8, 4) is 0 Å². The largest absolute Gasteiger partial charge is 0.469 e. The van der Waals surface area contributed by atoms with E-state index in [1.165, 1.54) is 26.7 Å². The average molecular weight is 557 g/mol. The molecule has 0 heterocycles. The molecule has 4 saturated carbocycles. The van der Waals surface area contributed by atoms with E-state index >= 15 is 0 Å². The SMILES string of the molecule is COC(=O)[C@]12CC[C@@H](C)[C@H](C)[C@H]1C1=CC[C@@H]3[C@@]4(C)CC[C@H](OC(C)=O)C(C)(C)[C@@H]4CC[C@@]3(C)[C@]1(C(=O)OC)CC2. The summed E-state index contributed by atoms with van der Waals surface area (Å²) in [4.78, 5) is 39.9. The topological polar surface area (TPSA) is 78.9 Å². The minimum atomic E-state index is -0.747. The van der Waals surface area contributed by atoms with Crippen molar-refractivity contribution in [2.75, 3.05) is 14.2 Å². The van der Waals surface area contributed by atoms with Gasteiger partial charge in [-0.05, 0) is 98.2 Å². The second-order valence-corrected chi connectivity index (χ2v) is 15.3. The number of carbonyl (C=O) groups excluding carboxylic acids is 3. The van der Waals surface area contributed by atoms with Gasteiger partial charge in [0, 0.05) is 12.3 Å². The van der Waals surface area contributed by atoms with Gasteiger partial charge in [0.15, 0.2) is 0 Å². The number of hydrogen-bond donors (Lipinski definition) is 0. The summed E-state index contributed by atoms with van der Waals surface area (Å²) in [6.07, 6.45) is 10.0. The van der Waals surface area contributed by atoms with Crippen molar-refractivity contribution in [2.45, 2.75) is 112 Å². The molecule has 4 fully saturated rings. The molecule has 10 atom stereocenters. The maximum absolute atomic E-state index is 14.3. The molecule has 0 radical (unpaired) electrons. The number of allylic oxidation sites excluding steroid dienone is 1. The van der Waals surface area contributed by atoms with Crippen LogP contribution in [0.2, 0.25) is 0 Å². The smallest absolute Gasteiger partial charge is 0.316 e. The standard InChI is InChI=1S/C34H52O6/c1-20-12-17-33(28(36)38-8)18-19-34(29(37)39-9)23(27(33)21(20)2)10-11-25-31(6)15-14-26(40-22(3)35)30(4,5)24(31)13-16-32(25,34)7/h10,20-21,24-27H,11-19H2,1-9H3/t20-,21+,24+,25-,26+,27+,31+,32-,33+,34-/m1/s1. The molecule has 5 aliphatic rings. The summed E-state index contributed by atoms with van der Waals surface area (Å²) in [5.41, 5.74) is -0.589. The highest BCUT2D eigenvalue weighted by molar-refractivity contribution is 5.86. The first-order valence-electron chi connectivity index (χ1n) is 15.7. The molecule has 0 spiro atoms. The zero-order valence-electron chi connectivity index (χ0n) is 26.4. The average Bonchev–Trinajstić information content (AvgIpc) is 2.90. The van der Waals surface area contributed by atoms with Gasteiger partial charge in [-0.2, -0.15) is 0 Å². The highest BCUT2D eigenvalue weighted by atomic mass is 16.5. The van der Waals surface area contributed by atoms with Gasteiger partial charge in [0.05, 0.1) is 25.0 Å². The summed E-state index contributed by atoms with van der Waals surface area (Å²) in [5.74, 6) is 0.962. The van der Waals surface area contributed by atoms with Gasteiger partial charge in [-0.25, -0.2) is 0 Å². The molecule has 5 aliphatic carbocycles. The lowest BCUT2D eigenvalue weighted by Gasteiger charge is -2.70. The number of carbonyl (C=O) groups is 3. The number of fused-ring (bicyclic) bond motifs is 7. The predicted molar refractivity (Wildman–Crippen MR) is 153 cm³/mol. The highest BCUT2D eigenvalue weighted by Crippen LogP contribution is 2.76. The van der Waals surface area contributed by atoms with Gasteiger partial charge in [0.25, 0.3) is 0 Å². The van der Waals surface area contributed by atoms with Gasteiger partial charge < -0.3 is 14.2 Å². The van der Waals surface area contributed by atoms with E-state index in [1.54, 1.807) is 0 Å². The summed E-state index contributed by atoms with van der Waals surface area (Å²) in [7, 11) is 3.05. The number of rotatable bonds is 3. The fourth-order valence-corrected chi connectivity index (χ4v) is 11.7. The van der Waals surface area contributed by atoms with Crippen LogP contribution >= 0.6 is 0 Å². The van der Waals surface area contributed by atoms with Crippen molar-refractivity contribution in [1.29, 1.82) is 0 Å². The van der Waals surface area contributed by atoms with E-state index in [4.69, 9.17) is 14.2 Å². The molecule has 6 heteroatoms. The fraction of sp³-hybridized carbons (Fsp3) is 0.853. The van der Waals surface area contributed by atoms with E-state index in [1.807, 2.05) is 0 Å². The van der Waals surface area contributed by atoms with Crippen LogP contribution in [-0.2, 0) is 28.6 Å². The fourth-order valence-electron chi connectivity index (χ4n) is 11.7. The zero-order chi connectivity index (χ0) is 29.5. The van der Waals surface area contributed by atoms with Crippen LogP contribution in [0, 0.1) is 56.7 Å². The molecule has 6 nitrogen and oxygen atoms in total.